The van der Waals surface area contributed by atoms with Gasteiger partial charge in [0.15, 0.2) is 0 Å². The minimum absolute atomic E-state index is 0.119. The maximum atomic E-state index is 11.1. The highest BCUT2D eigenvalue weighted by Crippen LogP contribution is 2.31. The lowest BCUT2D eigenvalue weighted by molar-refractivity contribution is 1.21. The van der Waals surface area contributed by atoms with E-state index in [0.717, 1.165) is 16.7 Å². The second-order valence-corrected chi connectivity index (χ2v) is 4.36. The molecule has 0 amide bonds. The first kappa shape index (κ1) is 11.2. The Kier molecular flexibility index (Phi) is 3.03. The van der Waals surface area contributed by atoms with Gasteiger partial charge in [-0.05, 0) is 24.6 Å². The van der Waals surface area contributed by atoms with Gasteiger partial charge in [-0.1, -0.05) is 29.3 Å². The zero-order valence-electron chi connectivity index (χ0n) is 8.55. The van der Waals surface area contributed by atoms with Crippen molar-refractivity contribution in [1.82, 2.24) is 4.98 Å². The van der Waals surface area contributed by atoms with E-state index in [4.69, 9.17) is 23.2 Å². The van der Waals surface area contributed by atoms with E-state index in [0.29, 0.717) is 10.0 Å². The fourth-order valence-electron chi connectivity index (χ4n) is 1.57. The maximum absolute atomic E-state index is 11.1. The fraction of sp³-hybridized carbons (Fsp3) is 0.0833. The largest absolute Gasteiger partial charge is 0.328 e. The molecule has 0 saturated carbocycles. The predicted molar refractivity (Wildman–Crippen MR) is 67.3 cm³/mol. The summed E-state index contributed by atoms with van der Waals surface area (Å²) in [5.41, 5.74) is 2.53. The topological polar surface area (TPSA) is 32.9 Å². The monoisotopic (exact) mass is 253 g/mol. The van der Waals surface area contributed by atoms with Crippen LogP contribution in [0.25, 0.3) is 11.1 Å². The van der Waals surface area contributed by atoms with Crippen molar-refractivity contribution in [2.24, 2.45) is 0 Å². The first-order valence-corrected chi connectivity index (χ1v) is 5.48. The molecule has 4 heteroatoms. The van der Waals surface area contributed by atoms with Gasteiger partial charge in [-0.3, -0.25) is 4.79 Å². The van der Waals surface area contributed by atoms with Crippen molar-refractivity contribution in [3.63, 3.8) is 0 Å². The molecule has 0 aliphatic heterocycles. The van der Waals surface area contributed by atoms with Crippen LogP contribution in [-0.2, 0) is 0 Å². The minimum atomic E-state index is -0.119. The van der Waals surface area contributed by atoms with Gasteiger partial charge in [0.05, 0.1) is 0 Å². The summed E-state index contributed by atoms with van der Waals surface area (Å²) in [6.07, 6.45) is 1.66. The van der Waals surface area contributed by atoms with E-state index in [1.54, 1.807) is 24.4 Å². The van der Waals surface area contributed by atoms with Gasteiger partial charge in [0.1, 0.15) is 0 Å². The van der Waals surface area contributed by atoms with Crippen LogP contribution in [0.1, 0.15) is 5.56 Å². The number of benzene rings is 1. The number of halogens is 2. The van der Waals surface area contributed by atoms with Gasteiger partial charge in [0.25, 0.3) is 0 Å². The van der Waals surface area contributed by atoms with Crippen molar-refractivity contribution in [3.8, 4) is 11.1 Å². The first-order chi connectivity index (χ1) is 7.58. The molecule has 82 valence electrons. The molecule has 2 nitrogen and oxygen atoms in total. The van der Waals surface area contributed by atoms with Crippen molar-refractivity contribution in [3.05, 3.63) is 56.4 Å². The number of nitrogens with one attached hydrogen (secondary N) is 1. The van der Waals surface area contributed by atoms with Crippen LogP contribution in [0.4, 0.5) is 0 Å². The molecule has 0 fully saturated rings. The maximum Gasteiger partial charge on any atom is 0.248 e. The second-order valence-electron chi connectivity index (χ2n) is 3.52. The molecule has 0 aliphatic rings. The van der Waals surface area contributed by atoms with Crippen LogP contribution in [0.2, 0.25) is 10.0 Å². The Balaban J connectivity index is 2.63. The molecular formula is C12H9Cl2NO. The number of aryl methyl sites for hydroxylation is 1. The minimum Gasteiger partial charge on any atom is -0.328 e. The number of H-pyrrole nitrogens is 1. The number of hydrogen-bond acceptors (Lipinski definition) is 1. The average molecular weight is 254 g/mol. The predicted octanol–water partition coefficient (Wildman–Crippen LogP) is 3.66. The summed E-state index contributed by atoms with van der Waals surface area (Å²) in [5.74, 6) is 0. The van der Waals surface area contributed by atoms with Crippen molar-refractivity contribution >= 4 is 23.2 Å². The SMILES string of the molecule is Cc1cc(=O)[nH]cc1-c1ccc(Cl)cc1Cl. The number of hydrogen-bond donors (Lipinski definition) is 1. The van der Waals surface area contributed by atoms with E-state index >= 15 is 0 Å². The summed E-state index contributed by atoms with van der Waals surface area (Å²) in [6, 6.07) is 6.84. The summed E-state index contributed by atoms with van der Waals surface area (Å²) in [4.78, 5) is 13.7. The van der Waals surface area contributed by atoms with E-state index in [1.165, 1.54) is 0 Å². The molecule has 2 rings (SSSR count). The van der Waals surface area contributed by atoms with Crippen LogP contribution in [-0.4, -0.2) is 4.98 Å². The molecule has 0 unspecified atom stereocenters. The standard InChI is InChI=1S/C12H9Cl2NO/c1-7-4-12(16)15-6-10(7)9-3-2-8(13)5-11(9)14/h2-6H,1H3,(H,15,16). The van der Waals surface area contributed by atoms with Crippen molar-refractivity contribution in [2.45, 2.75) is 6.92 Å². The lowest BCUT2D eigenvalue weighted by Crippen LogP contribution is -2.04. The zero-order chi connectivity index (χ0) is 11.7. The van der Waals surface area contributed by atoms with E-state index in [-0.39, 0.29) is 5.56 Å². The Labute approximate surface area is 103 Å². The molecule has 0 radical (unpaired) electrons. The van der Waals surface area contributed by atoms with Crippen molar-refractivity contribution in [2.75, 3.05) is 0 Å². The third-order valence-electron chi connectivity index (χ3n) is 2.35. The molecule has 1 aromatic heterocycles. The summed E-state index contributed by atoms with van der Waals surface area (Å²) in [6.45, 7) is 1.87. The van der Waals surface area contributed by atoms with Crippen LogP contribution in [0, 0.1) is 6.92 Å². The van der Waals surface area contributed by atoms with Crippen LogP contribution in [0.5, 0.6) is 0 Å². The van der Waals surface area contributed by atoms with Crippen molar-refractivity contribution < 1.29 is 0 Å². The Morgan fingerprint density at radius 3 is 2.50 bits per heavy atom. The number of pyridine rings is 1. The van der Waals surface area contributed by atoms with Gasteiger partial charge in [-0.2, -0.15) is 0 Å². The molecule has 0 aliphatic carbocycles. The van der Waals surface area contributed by atoms with Gasteiger partial charge in [0, 0.05) is 33.4 Å². The summed E-state index contributed by atoms with van der Waals surface area (Å²) >= 11 is 11.9. The average Bonchev–Trinajstić information content (AvgIpc) is 2.19. The quantitative estimate of drug-likeness (QED) is 0.827. The van der Waals surface area contributed by atoms with Gasteiger partial charge >= 0.3 is 0 Å². The van der Waals surface area contributed by atoms with E-state index in [1.807, 2.05) is 13.0 Å². The third kappa shape index (κ3) is 2.13. The van der Waals surface area contributed by atoms with Crippen LogP contribution in [0.3, 0.4) is 0 Å². The number of rotatable bonds is 1. The lowest BCUT2D eigenvalue weighted by atomic mass is 10.0. The normalized spacial score (nSPS) is 10.4. The first-order valence-electron chi connectivity index (χ1n) is 4.72. The van der Waals surface area contributed by atoms with E-state index in [2.05, 4.69) is 4.98 Å². The molecule has 1 aromatic carbocycles. The van der Waals surface area contributed by atoms with Crippen LogP contribution >= 0.6 is 23.2 Å². The van der Waals surface area contributed by atoms with Crippen molar-refractivity contribution in [1.29, 1.82) is 0 Å². The molecule has 0 spiro atoms. The molecular weight excluding hydrogens is 245 g/mol. The highest BCUT2D eigenvalue weighted by molar-refractivity contribution is 6.36. The summed E-state index contributed by atoms with van der Waals surface area (Å²) in [5, 5.41) is 1.17. The highest BCUT2D eigenvalue weighted by atomic mass is 35.5. The molecule has 0 bridgehead atoms. The molecule has 1 heterocycles. The zero-order valence-corrected chi connectivity index (χ0v) is 10.1. The van der Waals surface area contributed by atoms with Gasteiger partial charge in [-0.25, -0.2) is 0 Å². The highest BCUT2D eigenvalue weighted by Gasteiger charge is 2.07. The number of aromatic nitrogens is 1. The van der Waals surface area contributed by atoms with E-state index < -0.39 is 0 Å². The third-order valence-corrected chi connectivity index (χ3v) is 2.90. The number of aromatic amines is 1. The molecule has 2 aromatic rings. The Morgan fingerprint density at radius 2 is 1.88 bits per heavy atom. The van der Waals surface area contributed by atoms with Gasteiger partial charge in [0.2, 0.25) is 5.56 Å². The summed E-state index contributed by atoms with van der Waals surface area (Å²) in [7, 11) is 0. The second kappa shape index (κ2) is 4.32. The van der Waals surface area contributed by atoms with Crippen LogP contribution in [0.15, 0.2) is 35.3 Å². The van der Waals surface area contributed by atoms with Crippen LogP contribution < -0.4 is 5.56 Å². The Bertz CT molecular complexity index is 590. The molecule has 0 saturated heterocycles. The molecule has 1 N–H and O–H groups in total. The Hall–Kier alpha value is -1.25. The fourth-order valence-corrected chi connectivity index (χ4v) is 2.08. The van der Waals surface area contributed by atoms with Gasteiger partial charge in [-0.15, -0.1) is 0 Å². The van der Waals surface area contributed by atoms with E-state index in [9.17, 15) is 4.79 Å². The smallest absolute Gasteiger partial charge is 0.248 e. The Morgan fingerprint density at radius 1 is 1.12 bits per heavy atom. The molecule has 0 atom stereocenters. The van der Waals surface area contributed by atoms with Gasteiger partial charge < -0.3 is 4.98 Å². The lowest BCUT2D eigenvalue weighted by Gasteiger charge is -2.07. The molecule has 16 heavy (non-hydrogen) atoms. The summed E-state index contributed by atoms with van der Waals surface area (Å²) < 4.78 is 0.